The largest absolute Gasteiger partial charge is 0.481 e. The van der Waals surface area contributed by atoms with Gasteiger partial charge in [-0.2, -0.15) is 13.2 Å². The molecule has 1 aliphatic rings. The molecule has 0 amide bonds. The SMILES string of the molecule is CC(F)(F)c1cc(C2C(C(=O)O)C2(Cl)Cl)cc(C(F)(F)F)c1. The molecule has 1 saturated carbocycles. The molecule has 1 aromatic rings. The summed E-state index contributed by atoms with van der Waals surface area (Å²) in [6.45, 7) is 0.447. The van der Waals surface area contributed by atoms with Gasteiger partial charge in [0.05, 0.1) is 11.5 Å². The second kappa shape index (κ2) is 4.96. The van der Waals surface area contributed by atoms with Gasteiger partial charge in [-0.1, -0.05) is 23.2 Å². The Bertz CT molecular complexity index is 590. The van der Waals surface area contributed by atoms with Gasteiger partial charge in [0.25, 0.3) is 5.92 Å². The quantitative estimate of drug-likeness (QED) is 0.620. The molecule has 1 fully saturated rings. The summed E-state index contributed by atoms with van der Waals surface area (Å²) in [6.07, 6.45) is -4.86. The summed E-state index contributed by atoms with van der Waals surface area (Å²) in [4.78, 5) is 11.0. The third kappa shape index (κ3) is 3.01. The van der Waals surface area contributed by atoms with Crippen LogP contribution in [0.5, 0.6) is 0 Å². The molecular weight excluding hydrogens is 354 g/mol. The fraction of sp³-hybridized carbons (Fsp3) is 0.462. The highest BCUT2D eigenvalue weighted by atomic mass is 35.5. The lowest BCUT2D eigenvalue weighted by Gasteiger charge is -2.16. The van der Waals surface area contributed by atoms with E-state index in [1.54, 1.807) is 0 Å². The number of carboxylic acids is 1. The number of aliphatic carboxylic acids is 1. The summed E-state index contributed by atoms with van der Waals surface area (Å²) in [7, 11) is 0. The summed E-state index contributed by atoms with van der Waals surface area (Å²) < 4.78 is 63.5. The molecule has 122 valence electrons. The molecule has 0 radical (unpaired) electrons. The summed E-state index contributed by atoms with van der Waals surface area (Å²) in [5.74, 6) is -7.46. The second-order valence-electron chi connectivity index (χ2n) is 5.20. The van der Waals surface area contributed by atoms with E-state index in [-0.39, 0.29) is 5.56 Å². The van der Waals surface area contributed by atoms with Crippen molar-refractivity contribution in [3.63, 3.8) is 0 Å². The minimum absolute atomic E-state index is 0.274. The average Bonchev–Trinajstić information content (AvgIpc) is 2.89. The number of hydrogen-bond donors (Lipinski definition) is 1. The van der Waals surface area contributed by atoms with Crippen molar-refractivity contribution in [2.24, 2.45) is 5.92 Å². The van der Waals surface area contributed by atoms with Crippen LogP contribution in [0.15, 0.2) is 18.2 Å². The molecule has 2 nitrogen and oxygen atoms in total. The smallest absolute Gasteiger partial charge is 0.416 e. The third-order valence-corrected chi connectivity index (χ3v) is 4.41. The molecule has 0 aromatic heterocycles. The Morgan fingerprint density at radius 3 is 2.00 bits per heavy atom. The van der Waals surface area contributed by atoms with Crippen molar-refractivity contribution in [3.8, 4) is 0 Å². The Balaban J connectivity index is 2.56. The van der Waals surface area contributed by atoms with E-state index in [1.165, 1.54) is 0 Å². The van der Waals surface area contributed by atoms with Crippen LogP contribution >= 0.6 is 23.2 Å². The zero-order chi connectivity index (χ0) is 17.1. The lowest BCUT2D eigenvalue weighted by atomic mass is 9.98. The monoisotopic (exact) mass is 362 g/mol. The van der Waals surface area contributed by atoms with Crippen molar-refractivity contribution < 1.29 is 31.9 Å². The maximum absolute atomic E-state index is 13.4. The Morgan fingerprint density at radius 1 is 1.14 bits per heavy atom. The van der Waals surface area contributed by atoms with E-state index in [9.17, 15) is 26.7 Å². The van der Waals surface area contributed by atoms with Crippen LogP contribution in [0.2, 0.25) is 0 Å². The highest BCUT2D eigenvalue weighted by Crippen LogP contribution is 2.65. The average molecular weight is 363 g/mol. The Kier molecular flexibility index (Phi) is 3.89. The molecule has 2 unspecified atom stereocenters. The Hall–Kier alpha value is -1.08. The summed E-state index contributed by atoms with van der Waals surface area (Å²) in [5, 5.41) is 8.94. The van der Waals surface area contributed by atoms with Crippen molar-refractivity contribution in [2.45, 2.75) is 29.3 Å². The highest BCUT2D eigenvalue weighted by Gasteiger charge is 2.68. The minimum atomic E-state index is -4.86. The van der Waals surface area contributed by atoms with Crippen molar-refractivity contribution in [2.75, 3.05) is 0 Å². The molecule has 1 aromatic carbocycles. The number of carbonyl (C=O) groups is 1. The first-order valence-corrected chi connectivity index (χ1v) is 6.73. The molecule has 1 N–H and O–H groups in total. The van der Waals surface area contributed by atoms with Gasteiger partial charge in [-0.3, -0.25) is 4.79 Å². The number of benzene rings is 1. The number of rotatable bonds is 3. The zero-order valence-electron chi connectivity index (χ0n) is 10.9. The van der Waals surface area contributed by atoms with Gasteiger partial charge in [-0.25, -0.2) is 8.78 Å². The van der Waals surface area contributed by atoms with Crippen molar-refractivity contribution >= 4 is 29.2 Å². The zero-order valence-corrected chi connectivity index (χ0v) is 12.4. The summed E-state index contributed by atoms with van der Waals surface area (Å²) in [6, 6.07) is 1.73. The number of hydrogen-bond acceptors (Lipinski definition) is 1. The minimum Gasteiger partial charge on any atom is -0.481 e. The Labute approximate surface area is 131 Å². The van der Waals surface area contributed by atoms with Crippen molar-refractivity contribution in [3.05, 3.63) is 34.9 Å². The molecule has 9 heteroatoms. The first-order valence-electron chi connectivity index (χ1n) is 5.97. The van der Waals surface area contributed by atoms with Crippen LogP contribution in [0.1, 0.15) is 29.5 Å². The lowest BCUT2D eigenvalue weighted by molar-refractivity contribution is -0.139. The van der Waals surface area contributed by atoms with E-state index in [0.717, 1.165) is 6.07 Å². The summed E-state index contributed by atoms with van der Waals surface area (Å²) >= 11 is 11.5. The molecular formula is C13H9Cl2F5O2. The Morgan fingerprint density at radius 2 is 1.64 bits per heavy atom. The van der Waals surface area contributed by atoms with E-state index >= 15 is 0 Å². The first-order chi connectivity index (χ1) is 9.76. The number of carboxylic acid groups (broad SMARTS) is 1. The van der Waals surface area contributed by atoms with Gasteiger partial charge in [0.2, 0.25) is 0 Å². The third-order valence-electron chi connectivity index (χ3n) is 3.47. The first kappa shape index (κ1) is 17.3. The van der Waals surface area contributed by atoms with Gasteiger partial charge in [0.1, 0.15) is 4.33 Å². The molecule has 0 spiro atoms. The standard InChI is InChI=1S/C13H9Cl2F5O2/c1-11(16,17)6-2-5(3-7(4-6)13(18,19)20)8-9(10(21)22)12(8,14)15/h2-4,8-9H,1H3,(H,21,22). The van der Waals surface area contributed by atoms with E-state index in [0.29, 0.717) is 19.1 Å². The van der Waals surface area contributed by atoms with Gasteiger partial charge >= 0.3 is 12.1 Å². The maximum Gasteiger partial charge on any atom is 0.416 e. The molecule has 1 aliphatic carbocycles. The number of halogens is 7. The van der Waals surface area contributed by atoms with E-state index in [2.05, 4.69) is 0 Å². The molecule has 2 rings (SSSR count). The normalized spacial score (nSPS) is 24.2. The van der Waals surface area contributed by atoms with E-state index in [1.807, 2.05) is 0 Å². The van der Waals surface area contributed by atoms with Crippen molar-refractivity contribution in [1.82, 2.24) is 0 Å². The predicted molar refractivity (Wildman–Crippen MR) is 69.3 cm³/mol. The predicted octanol–water partition coefficient (Wildman–Crippen LogP) is 4.79. The van der Waals surface area contributed by atoms with Gasteiger partial charge < -0.3 is 5.11 Å². The van der Waals surface area contributed by atoms with Crippen LogP contribution in [0.3, 0.4) is 0 Å². The van der Waals surface area contributed by atoms with Crippen LogP contribution in [0.4, 0.5) is 22.0 Å². The second-order valence-corrected chi connectivity index (χ2v) is 6.64. The van der Waals surface area contributed by atoms with Gasteiger partial charge in [-0.15, -0.1) is 0 Å². The van der Waals surface area contributed by atoms with Crippen molar-refractivity contribution in [1.29, 1.82) is 0 Å². The molecule has 0 saturated heterocycles. The van der Waals surface area contributed by atoms with Crippen LogP contribution in [-0.4, -0.2) is 15.4 Å². The van der Waals surface area contributed by atoms with Crippen LogP contribution in [-0.2, 0) is 16.9 Å². The number of alkyl halides is 7. The molecule has 2 atom stereocenters. The van der Waals surface area contributed by atoms with E-state index in [4.69, 9.17) is 28.3 Å². The lowest BCUT2D eigenvalue weighted by Crippen LogP contribution is -2.13. The molecule has 0 bridgehead atoms. The maximum atomic E-state index is 13.4. The van der Waals surface area contributed by atoms with Gasteiger partial charge in [0.15, 0.2) is 0 Å². The van der Waals surface area contributed by atoms with E-state index < -0.39 is 45.4 Å². The fourth-order valence-corrected chi connectivity index (χ4v) is 3.11. The summed E-state index contributed by atoms with van der Waals surface area (Å²) in [5.41, 5.74) is -2.46. The van der Waals surface area contributed by atoms with Crippen LogP contribution in [0.25, 0.3) is 0 Å². The van der Waals surface area contributed by atoms with Gasteiger partial charge in [-0.05, 0) is 23.8 Å². The van der Waals surface area contributed by atoms with Gasteiger partial charge in [0, 0.05) is 18.4 Å². The fourth-order valence-electron chi connectivity index (χ4n) is 2.30. The van der Waals surface area contributed by atoms with Crippen LogP contribution in [0, 0.1) is 5.92 Å². The molecule has 0 heterocycles. The highest BCUT2D eigenvalue weighted by molar-refractivity contribution is 6.53. The molecule has 0 aliphatic heterocycles. The molecule has 22 heavy (non-hydrogen) atoms. The van der Waals surface area contributed by atoms with Crippen LogP contribution < -0.4 is 0 Å². The topological polar surface area (TPSA) is 37.3 Å².